The highest BCUT2D eigenvalue weighted by Gasteiger charge is 2.37. The first kappa shape index (κ1) is 23.8. The van der Waals surface area contributed by atoms with E-state index in [1.807, 2.05) is 0 Å². The van der Waals surface area contributed by atoms with Gasteiger partial charge in [-0.15, -0.1) is 11.3 Å². The van der Waals surface area contributed by atoms with E-state index in [-0.39, 0.29) is 34.6 Å². The molecule has 1 aromatic carbocycles. The Labute approximate surface area is 202 Å². The maximum Gasteiger partial charge on any atom is 0.273 e. The summed E-state index contributed by atoms with van der Waals surface area (Å²) < 4.78 is 23.7. The number of primary amides is 1. The molecule has 1 aliphatic heterocycles. The molecule has 0 unspecified atom stereocenters. The van der Waals surface area contributed by atoms with Crippen molar-refractivity contribution < 1.29 is 23.5 Å². The van der Waals surface area contributed by atoms with Gasteiger partial charge in [-0.2, -0.15) is 4.37 Å². The van der Waals surface area contributed by atoms with Gasteiger partial charge in [-0.1, -0.05) is 12.1 Å². The third kappa shape index (κ3) is 4.93. The number of nitrogens with two attached hydrogens (primary N) is 2. The number of benzene rings is 1. The van der Waals surface area contributed by atoms with Crippen LogP contribution in [0.25, 0.3) is 0 Å². The molecule has 2 aromatic heterocycles. The number of hydrogen-bond donors (Lipinski definition) is 3. The molecule has 5 N–H and O–H groups in total. The summed E-state index contributed by atoms with van der Waals surface area (Å²) in [6, 6.07) is 7.67. The number of nitrogens with zero attached hydrogens (tertiary/aromatic N) is 2. The molecule has 1 saturated heterocycles. The van der Waals surface area contributed by atoms with E-state index in [0.717, 1.165) is 23.8 Å². The van der Waals surface area contributed by atoms with E-state index in [4.69, 9.17) is 16.2 Å². The molecule has 3 amide bonds. The standard InChI is InChI=1S/C22H22FN5O4S2/c23-12-4-1-5-13(10-12)28(22(31)19-16(24)17(20(25)29)27-34-19)18(15-7-3-9-33-15)21(30)26-11-14-6-2-8-32-14/h1,3-5,7,9-10,14,18H,2,6,8,11,24H2,(H2,25,29)(H,26,30)/t14-,18-/m0/s1. The number of nitrogens with one attached hydrogen (secondary N) is 1. The minimum Gasteiger partial charge on any atom is -0.395 e. The summed E-state index contributed by atoms with van der Waals surface area (Å²) in [6.45, 7) is 0.913. The Morgan fingerprint density at radius 2 is 2.12 bits per heavy atom. The Kier molecular flexibility index (Phi) is 7.20. The fourth-order valence-corrected chi connectivity index (χ4v) is 5.24. The van der Waals surface area contributed by atoms with Crippen LogP contribution >= 0.6 is 22.9 Å². The molecule has 178 valence electrons. The van der Waals surface area contributed by atoms with Gasteiger partial charge in [0.2, 0.25) is 5.91 Å². The molecule has 4 rings (SSSR count). The van der Waals surface area contributed by atoms with Gasteiger partial charge in [0.05, 0.1) is 11.8 Å². The van der Waals surface area contributed by atoms with E-state index in [9.17, 15) is 18.8 Å². The third-order valence-corrected chi connectivity index (χ3v) is 7.08. The molecule has 34 heavy (non-hydrogen) atoms. The molecule has 2 atom stereocenters. The van der Waals surface area contributed by atoms with E-state index >= 15 is 0 Å². The number of aromatic nitrogens is 1. The van der Waals surface area contributed by atoms with Crippen LogP contribution in [-0.2, 0) is 9.53 Å². The lowest BCUT2D eigenvalue weighted by molar-refractivity contribution is -0.122. The summed E-state index contributed by atoms with van der Waals surface area (Å²) in [7, 11) is 0. The second-order valence-electron chi connectivity index (χ2n) is 7.59. The fraction of sp³-hybridized carbons (Fsp3) is 0.273. The molecule has 0 bridgehead atoms. The van der Waals surface area contributed by atoms with Crippen LogP contribution < -0.4 is 21.7 Å². The van der Waals surface area contributed by atoms with Crippen LogP contribution in [0.4, 0.5) is 15.8 Å². The van der Waals surface area contributed by atoms with Gasteiger partial charge >= 0.3 is 0 Å². The first-order valence-electron chi connectivity index (χ1n) is 10.4. The van der Waals surface area contributed by atoms with Crippen LogP contribution in [0.3, 0.4) is 0 Å². The normalized spacial score (nSPS) is 16.2. The molecule has 1 aliphatic rings. The largest absolute Gasteiger partial charge is 0.395 e. The SMILES string of the molecule is NC(=O)c1nsc(C(=O)N(c2cccc(F)c2)[C@H](C(=O)NC[C@@H]2CCCO2)c2cccs2)c1N. The smallest absolute Gasteiger partial charge is 0.273 e. The van der Waals surface area contributed by atoms with Crippen molar-refractivity contribution in [2.24, 2.45) is 5.73 Å². The molecule has 0 radical (unpaired) electrons. The number of nitrogen functional groups attached to an aromatic ring is 1. The quantitative estimate of drug-likeness (QED) is 0.432. The third-order valence-electron chi connectivity index (χ3n) is 5.31. The van der Waals surface area contributed by atoms with Crippen LogP contribution in [0.5, 0.6) is 0 Å². The molecule has 0 saturated carbocycles. The number of anilines is 2. The predicted octanol–water partition coefficient (Wildman–Crippen LogP) is 2.71. The Balaban J connectivity index is 1.76. The van der Waals surface area contributed by atoms with Crippen molar-refractivity contribution in [2.45, 2.75) is 25.0 Å². The average Bonchev–Trinajstić information content (AvgIpc) is 3.57. The molecule has 0 aliphatic carbocycles. The number of ether oxygens (including phenoxy) is 1. The van der Waals surface area contributed by atoms with Gasteiger partial charge in [0, 0.05) is 23.7 Å². The van der Waals surface area contributed by atoms with Crippen molar-refractivity contribution >= 4 is 52.0 Å². The van der Waals surface area contributed by atoms with Crippen LogP contribution in [0.1, 0.15) is 43.9 Å². The Morgan fingerprint density at radius 3 is 2.74 bits per heavy atom. The topological polar surface area (TPSA) is 141 Å². The summed E-state index contributed by atoms with van der Waals surface area (Å²) in [5.74, 6) is -2.64. The number of amides is 3. The van der Waals surface area contributed by atoms with Crippen LogP contribution in [0.2, 0.25) is 0 Å². The zero-order valence-corrected chi connectivity index (χ0v) is 19.5. The first-order chi connectivity index (χ1) is 16.4. The second kappa shape index (κ2) is 10.3. The van der Waals surface area contributed by atoms with E-state index < -0.39 is 29.6 Å². The lowest BCUT2D eigenvalue weighted by Gasteiger charge is -2.30. The molecule has 9 nitrogen and oxygen atoms in total. The van der Waals surface area contributed by atoms with Crippen molar-refractivity contribution in [2.75, 3.05) is 23.8 Å². The molecule has 3 heterocycles. The molecule has 3 aromatic rings. The van der Waals surface area contributed by atoms with Gasteiger partial charge in [-0.3, -0.25) is 19.3 Å². The van der Waals surface area contributed by atoms with E-state index in [0.29, 0.717) is 23.0 Å². The van der Waals surface area contributed by atoms with Gasteiger partial charge in [0.15, 0.2) is 11.7 Å². The monoisotopic (exact) mass is 503 g/mol. The van der Waals surface area contributed by atoms with Crippen molar-refractivity contribution in [3.63, 3.8) is 0 Å². The summed E-state index contributed by atoms with van der Waals surface area (Å²) in [5.41, 5.74) is 11.0. The number of halogens is 1. The first-order valence-corrected chi connectivity index (χ1v) is 12.1. The highest BCUT2D eigenvalue weighted by molar-refractivity contribution is 7.10. The fourth-order valence-electron chi connectivity index (χ4n) is 3.69. The zero-order chi connectivity index (χ0) is 24.2. The molecule has 1 fully saturated rings. The molecular weight excluding hydrogens is 481 g/mol. The molecular formula is C22H22FN5O4S2. The number of carbonyl (C=O) groups is 3. The van der Waals surface area contributed by atoms with E-state index in [2.05, 4.69) is 9.69 Å². The van der Waals surface area contributed by atoms with Crippen molar-refractivity contribution in [1.29, 1.82) is 0 Å². The number of hydrogen-bond acceptors (Lipinski definition) is 8. The van der Waals surface area contributed by atoms with Crippen molar-refractivity contribution in [3.8, 4) is 0 Å². The summed E-state index contributed by atoms with van der Waals surface area (Å²) in [6.07, 6.45) is 1.63. The molecule has 12 heteroatoms. The Morgan fingerprint density at radius 1 is 1.29 bits per heavy atom. The maximum absolute atomic E-state index is 14.2. The Bertz CT molecular complexity index is 1190. The number of thiophene rings is 1. The predicted molar refractivity (Wildman–Crippen MR) is 127 cm³/mol. The van der Waals surface area contributed by atoms with E-state index in [1.165, 1.54) is 29.5 Å². The minimum atomic E-state index is -1.13. The minimum absolute atomic E-state index is 0.0773. The Hall–Kier alpha value is -3.35. The second-order valence-corrected chi connectivity index (χ2v) is 9.34. The van der Waals surface area contributed by atoms with Crippen LogP contribution in [0.15, 0.2) is 41.8 Å². The van der Waals surface area contributed by atoms with Gasteiger partial charge in [0.1, 0.15) is 10.7 Å². The van der Waals surface area contributed by atoms with Gasteiger partial charge in [-0.05, 0) is 54.0 Å². The highest BCUT2D eigenvalue weighted by atomic mass is 32.1. The zero-order valence-electron chi connectivity index (χ0n) is 17.9. The van der Waals surface area contributed by atoms with Crippen molar-refractivity contribution in [1.82, 2.24) is 9.69 Å². The van der Waals surface area contributed by atoms with Gasteiger partial charge in [-0.25, -0.2) is 4.39 Å². The van der Waals surface area contributed by atoms with Crippen LogP contribution in [-0.4, -0.2) is 41.4 Å². The van der Waals surface area contributed by atoms with Crippen molar-refractivity contribution in [3.05, 3.63) is 63.0 Å². The summed E-state index contributed by atoms with van der Waals surface area (Å²) in [5, 5.41) is 4.63. The highest BCUT2D eigenvalue weighted by Crippen LogP contribution is 2.35. The average molecular weight is 504 g/mol. The van der Waals surface area contributed by atoms with Gasteiger partial charge in [0.25, 0.3) is 11.8 Å². The molecule has 0 spiro atoms. The lowest BCUT2D eigenvalue weighted by Crippen LogP contribution is -2.45. The number of rotatable bonds is 8. The van der Waals surface area contributed by atoms with E-state index in [1.54, 1.807) is 17.5 Å². The summed E-state index contributed by atoms with van der Waals surface area (Å²) >= 11 is 1.97. The lowest BCUT2D eigenvalue weighted by atomic mass is 10.1. The van der Waals surface area contributed by atoms with Gasteiger partial charge < -0.3 is 21.5 Å². The maximum atomic E-state index is 14.2. The number of carbonyl (C=O) groups excluding carboxylic acids is 3. The van der Waals surface area contributed by atoms with Crippen LogP contribution in [0, 0.1) is 5.82 Å². The summed E-state index contributed by atoms with van der Waals surface area (Å²) in [4.78, 5) is 40.5.